The molecule has 0 bridgehead atoms. The van der Waals surface area contributed by atoms with Gasteiger partial charge in [0.05, 0.1) is 6.61 Å². The van der Waals surface area contributed by atoms with Gasteiger partial charge in [-0.05, 0) is 6.07 Å². The topological polar surface area (TPSA) is 238 Å². The van der Waals surface area contributed by atoms with Crippen LogP contribution < -0.4 is 5.69 Å². The number of phosphoric acid groups is 1. The first-order valence-electron chi connectivity index (χ1n) is 7.68. The molecule has 7 N–H and O–H groups in total. The third kappa shape index (κ3) is 5.62. The van der Waals surface area contributed by atoms with Crippen molar-refractivity contribution < 1.29 is 65.8 Å². The lowest BCUT2D eigenvalue weighted by molar-refractivity contribution is -0.0542. The van der Waals surface area contributed by atoms with Crippen LogP contribution >= 0.6 is 35.2 Å². The van der Waals surface area contributed by atoms with E-state index in [9.17, 15) is 42.4 Å². The van der Waals surface area contributed by atoms with Crippen LogP contribution in [-0.2, 0) is 27.3 Å². The summed E-state index contributed by atoms with van der Waals surface area (Å²) in [6.07, 6.45) is -5.79. The number of alkyl halides is 2. The Morgan fingerprint density at radius 2 is 1.77 bits per heavy atom. The maximum Gasteiger partial charge on any atom is 0.479 e. The highest BCUT2D eigenvalue weighted by molar-refractivity contribution is 7.75. The van der Waals surface area contributed by atoms with E-state index in [1.54, 1.807) is 0 Å². The van der Waals surface area contributed by atoms with Crippen LogP contribution in [0.25, 0.3) is 0 Å². The molecule has 2 heterocycles. The molecule has 178 valence electrons. The number of nitrogens with zero attached hydrogens (tertiary/aromatic N) is 1. The van der Waals surface area contributed by atoms with Crippen molar-refractivity contribution in [2.24, 2.45) is 0 Å². The van der Waals surface area contributed by atoms with Gasteiger partial charge in [-0.1, -0.05) is 12.2 Å². The van der Waals surface area contributed by atoms with Crippen molar-refractivity contribution in [1.29, 1.82) is 0 Å². The molecule has 3 unspecified atom stereocenters. The van der Waals surface area contributed by atoms with E-state index in [1.807, 2.05) is 0 Å². The van der Waals surface area contributed by atoms with E-state index >= 15 is 0 Å². The van der Waals surface area contributed by atoms with E-state index in [-0.39, 0.29) is 4.64 Å². The number of hydrogen-bond acceptors (Lipinski definition) is 10. The smallest absolute Gasteiger partial charge is 0.387 e. The molecule has 0 spiro atoms. The molecule has 1 aliphatic heterocycles. The molecule has 2 rings (SSSR count). The summed E-state index contributed by atoms with van der Waals surface area (Å²) in [5.74, 6) is 0. The Morgan fingerprint density at radius 1 is 1.19 bits per heavy atom. The molecule has 0 saturated carbocycles. The van der Waals surface area contributed by atoms with Crippen molar-refractivity contribution in [1.82, 2.24) is 9.55 Å². The summed E-state index contributed by atoms with van der Waals surface area (Å²) in [5, 5.41) is 14.2. The highest BCUT2D eigenvalue weighted by atomic mass is 32.1. The molecule has 0 amide bonds. The lowest BCUT2D eigenvalue weighted by Crippen LogP contribution is -2.36. The zero-order chi connectivity index (χ0) is 24.0. The average Bonchev–Trinajstić information content (AvgIpc) is 2.86. The van der Waals surface area contributed by atoms with Crippen LogP contribution in [0.3, 0.4) is 0 Å². The SMILES string of the molecule is O=c1[nH]c(=S)ccn1C1O[C@H](COP(=O)(O)OP(=O)(O)C(F)(F)P(=O)(O)O)[C@@H](O)[C@H]1O. The summed E-state index contributed by atoms with van der Waals surface area (Å²) in [5.41, 5.74) is -0.859. The average molecular weight is 534 g/mol. The van der Waals surface area contributed by atoms with Gasteiger partial charge in [0.25, 0.3) is 0 Å². The van der Waals surface area contributed by atoms with Crippen LogP contribution in [0, 0.1) is 4.64 Å². The first-order chi connectivity index (χ1) is 13.9. The van der Waals surface area contributed by atoms with Gasteiger partial charge in [0.1, 0.15) is 23.0 Å². The van der Waals surface area contributed by atoms with Crippen LogP contribution in [-0.4, -0.2) is 69.7 Å². The minimum atomic E-state index is -6.75. The van der Waals surface area contributed by atoms with Gasteiger partial charge in [-0.3, -0.25) is 23.2 Å². The molecule has 1 fully saturated rings. The molecular weight excluding hydrogens is 519 g/mol. The third-order valence-corrected chi connectivity index (χ3v) is 9.11. The lowest BCUT2D eigenvalue weighted by atomic mass is 10.1. The van der Waals surface area contributed by atoms with Crippen LogP contribution in [0.1, 0.15) is 6.23 Å². The Bertz CT molecular complexity index is 1090. The lowest BCUT2D eigenvalue weighted by Gasteiger charge is -2.24. The second-order valence-electron chi connectivity index (χ2n) is 5.98. The van der Waals surface area contributed by atoms with E-state index < -0.39 is 65.3 Å². The molecule has 21 heteroatoms. The Morgan fingerprint density at radius 3 is 2.29 bits per heavy atom. The Kier molecular flexibility index (Phi) is 7.63. The van der Waals surface area contributed by atoms with E-state index in [1.165, 1.54) is 6.07 Å². The van der Waals surface area contributed by atoms with Crippen LogP contribution in [0.5, 0.6) is 0 Å². The standard InChI is InChI=1S/C10H15F2N2O13P3S/c11-10(12,28(18,19)20)29(21,22)27-30(23,24)25-3-4-6(15)7(16)8(26-4)14-2-1-5(31)13-9(14)17/h1-2,4,6-8,15-16H,3H2,(H,21,22)(H,23,24)(H,13,17,31)(H2,18,19,20)/t4-,6-,7-,8?/m1/s1. The van der Waals surface area contributed by atoms with Gasteiger partial charge >= 0.3 is 34.1 Å². The van der Waals surface area contributed by atoms with Crippen LogP contribution in [0.4, 0.5) is 8.78 Å². The normalized spacial score (nSPS) is 28.8. The van der Waals surface area contributed by atoms with Crippen molar-refractivity contribution in [3.63, 3.8) is 0 Å². The number of halogens is 2. The molecule has 1 aliphatic rings. The molecule has 1 aromatic rings. The first-order valence-corrected chi connectivity index (χ1v) is 12.8. The number of H-pyrrole nitrogens is 1. The largest absolute Gasteiger partial charge is 0.479 e. The third-order valence-electron chi connectivity index (χ3n) is 3.77. The summed E-state index contributed by atoms with van der Waals surface area (Å²) < 4.78 is 74.0. The second-order valence-corrected chi connectivity index (χ2v) is 11.9. The quantitative estimate of drug-likeness (QED) is 0.166. The van der Waals surface area contributed by atoms with Crippen molar-refractivity contribution in [3.8, 4) is 0 Å². The maximum atomic E-state index is 13.4. The van der Waals surface area contributed by atoms with E-state index in [0.717, 1.165) is 10.8 Å². The van der Waals surface area contributed by atoms with Gasteiger partial charge in [-0.2, -0.15) is 8.78 Å². The molecule has 0 radical (unpaired) electrons. The number of aromatic nitrogens is 2. The van der Waals surface area contributed by atoms with E-state index in [2.05, 4.69) is 13.8 Å². The first kappa shape index (κ1) is 26.5. The highest BCUT2D eigenvalue weighted by Gasteiger charge is 2.67. The molecule has 31 heavy (non-hydrogen) atoms. The van der Waals surface area contributed by atoms with Crippen molar-refractivity contribution in [2.75, 3.05) is 6.61 Å². The van der Waals surface area contributed by atoms with Crippen LogP contribution in [0.2, 0.25) is 0 Å². The monoisotopic (exact) mass is 534 g/mol. The van der Waals surface area contributed by atoms with Gasteiger partial charge in [-0.25, -0.2) is 13.7 Å². The molecule has 6 atom stereocenters. The summed E-state index contributed by atoms with van der Waals surface area (Å²) in [7, 11) is -19.2. The fourth-order valence-corrected chi connectivity index (χ4v) is 6.10. The van der Waals surface area contributed by atoms with Crippen molar-refractivity contribution >= 4 is 35.2 Å². The second kappa shape index (κ2) is 8.91. The summed E-state index contributed by atoms with van der Waals surface area (Å²) >= 11 is 4.72. The number of phosphoric ester groups is 1. The predicted molar refractivity (Wildman–Crippen MR) is 95.5 cm³/mol. The molecule has 1 saturated heterocycles. The van der Waals surface area contributed by atoms with Crippen molar-refractivity contribution in [2.45, 2.75) is 29.9 Å². The number of aliphatic hydroxyl groups is 2. The summed E-state index contributed by atoms with van der Waals surface area (Å²) in [6, 6.07) is 1.23. The number of hydrogen-bond donors (Lipinski definition) is 7. The summed E-state index contributed by atoms with van der Waals surface area (Å²) in [4.78, 5) is 49.4. The van der Waals surface area contributed by atoms with Crippen molar-refractivity contribution in [3.05, 3.63) is 27.4 Å². The molecule has 1 aromatic heterocycles. The number of rotatable bonds is 8. The Hall–Kier alpha value is -0.710. The molecule has 0 aromatic carbocycles. The molecule has 15 nitrogen and oxygen atoms in total. The minimum absolute atomic E-state index is 0.0353. The number of nitrogens with one attached hydrogen (secondary N) is 1. The van der Waals surface area contributed by atoms with Gasteiger partial charge in [0.15, 0.2) is 6.23 Å². The van der Waals surface area contributed by atoms with Gasteiger partial charge in [-0.15, -0.1) is 0 Å². The van der Waals surface area contributed by atoms with E-state index in [4.69, 9.17) is 31.6 Å². The van der Waals surface area contributed by atoms with E-state index in [0.29, 0.717) is 0 Å². The molecule has 0 aliphatic carbocycles. The minimum Gasteiger partial charge on any atom is -0.387 e. The van der Waals surface area contributed by atoms with Gasteiger partial charge in [0, 0.05) is 6.20 Å². The van der Waals surface area contributed by atoms with Gasteiger partial charge in [0.2, 0.25) is 0 Å². The predicted octanol–water partition coefficient (Wildman–Crippen LogP) is -0.428. The fraction of sp³-hybridized carbons (Fsp3) is 0.600. The fourth-order valence-electron chi connectivity index (χ4n) is 2.27. The summed E-state index contributed by atoms with van der Waals surface area (Å²) in [6.45, 7) is -1.21. The maximum absolute atomic E-state index is 13.4. The molecular formula is C10H15F2N2O13P3S. The highest BCUT2D eigenvalue weighted by Crippen LogP contribution is 2.77. The number of aliphatic hydroxyl groups excluding tert-OH is 2. The Balaban J connectivity index is 2.12. The Labute approximate surface area is 175 Å². The zero-order valence-electron chi connectivity index (χ0n) is 14.7. The van der Waals surface area contributed by atoms with Crippen LogP contribution in [0.15, 0.2) is 17.1 Å². The van der Waals surface area contributed by atoms with Gasteiger partial charge < -0.3 is 34.5 Å². The zero-order valence-corrected chi connectivity index (χ0v) is 18.2. The number of aromatic amines is 1. The number of ether oxygens (including phenoxy) is 1.